The molecule has 2 aromatic rings. The van der Waals surface area contributed by atoms with Gasteiger partial charge in [0, 0.05) is 36.8 Å². The summed E-state index contributed by atoms with van der Waals surface area (Å²) in [6.07, 6.45) is 0.268. The third kappa shape index (κ3) is 6.73. The minimum atomic E-state index is -4.49. The zero-order chi connectivity index (χ0) is 30.9. The molecule has 1 aliphatic carbocycles. The Hall–Kier alpha value is -4.22. The van der Waals surface area contributed by atoms with Crippen molar-refractivity contribution in [1.29, 1.82) is 0 Å². The lowest BCUT2D eigenvalue weighted by atomic mass is 9.73. The number of fused-ring (bicyclic) bond motifs is 1. The van der Waals surface area contributed by atoms with Gasteiger partial charge < -0.3 is 15.0 Å². The minimum absolute atomic E-state index is 0.118. The molecule has 0 bridgehead atoms. The van der Waals surface area contributed by atoms with Crippen molar-refractivity contribution < 1.29 is 36.3 Å². The van der Waals surface area contributed by atoms with Crippen LogP contribution >= 0.6 is 0 Å². The molecule has 12 heteroatoms. The maximum absolute atomic E-state index is 13.9. The van der Waals surface area contributed by atoms with Crippen LogP contribution in [0.1, 0.15) is 37.0 Å². The number of piperidine rings is 1. The molecular weight excluding hydrogens is 571 g/mol. The number of hydrogen-bond donors (Lipinski definition) is 1. The van der Waals surface area contributed by atoms with E-state index in [0.29, 0.717) is 43.1 Å². The van der Waals surface area contributed by atoms with Gasteiger partial charge in [0.05, 0.1) is 17.7 Å². The molecule has 0 spiro atoms. The van der Waals surface area contributed by atoms with Gasteiger partial charge in [0.15, 0.2) is 11.6 Å². The third-order valence-electron chi connectivity index (χ3n) is 8.24. The number of hydrogen-bond acceptors (Lipinski definition) is 5. The molecule has 2 aliphatic heterocycles. The Bertz CT molecular complexity index is 1490. The SMILES string of the molecule is CC1=C(C(=O)NCC(F)(F)F)C=CC2=NN(CC3CCN(C(=O)c4ccc(Oc5ccc(F)cc5F)cc4)CC3)CC21C. The molecule has 1 atom stereocenters. The summed E-state index contributed by atoms with van der Waals surface area (Å²) in [6.45, 7) is 4.59. The van der Waals surface area contributed by atoms with Crippen molar-refractivity contribution in [3.05, 3.63) is 83.0 Å². The molecule has 0 saturated carbocycles. The fourth-order valence-corrected chi connectivity index (χ4v) is 5.63. The first-order valence-electron chi connectivity index (χ1n) is 13.9. The van der Waals surface area contributed by atoms with Crippen molar-refractivity contribution >= 4 is 17.5 Å². The Morgan fingerprint density at radius 3 is 2.42 bits per heavy atom. The van der Waals surface area contributed by atoms with E-state index < -0.39 is 35.7 Å². The van der Waals surface area contributed by atoms with Gasteiger partial charge in [-0.3, -0.25) is 14.6 Å². The Balaban J connectivity index is 1.13. The molecule has 0 radical (unpaired) electrons. The van der Waals surface area contributed by atoms with E-state index in [1.165, 1.54) is 12.1 Å². The number of halogens is 5. The molecule has 1 unspecified atom stereocenters. The number of nitrogens with zero attached hydrogens (tertiary/aromatic N) is 3. The summed E-state index contributed by atoms with van der Waals surface area (Å²) in [6, 6.07) is 9.36. The van der Waals surface area contributed by atoms with Crippen LogP contribution in [0.5, 0.6) is 11.5 Å². The molecule has 2 amide bonds. The van der Waals surface area contributed by atoms with Crippen LogP contribution in [0.25, 0.3) is 0 Å². The normalized spacial score (nSPS) is 20.7. The van der Waals surface area contributed by atoms with E-state index >= 15 is 0 Å². The maximum Gasteiger partial charge on any atom is 0.405 e. The standard InChI is InChI=1S/C31H31F5N4O3/c1-19-24(28(41)37-17-31(34,35)36)8-10-27-30(19,2)18-40(38-27)16-20-11-13-39(14-12-20)29(42)21-3-6-23(7-4-21)43-26-9-5-22(32)15-25(26)33/h3-10,15,20H,11-14,16-18H2,1-2H3,(H,37,41). The molecule has 5 rings (SSSR count). The largest absolute Gasteiger partial charge is 0.454 e. The van der Waals surface area contributed by atoms with Crippen LogP contribution in [0.15, 0.2) is 70.9 Å². The second-order valence-electron chi connectivity index (χ2n) is 11.3. The van der Waals surface area contributed by atoms with Crippen LogP contribution in [-0.4, -0.2) is 66.3 Å². The van der Waals surface area contributed by atoms with Crippen LogP contribution < -0.4 is 10.1 Å². The van der Waals surface area contributed by atoms with E-state index in [4.69, 9.17) is 9.84 Å². The number of nitrogens with one attached hydrogen (secondary N) is 1. The Kier molecular flexibility index (Phi) is 8.31. The fourth-order valence-electron chi connectivity index (χ4n) is 5.63. The van der Waals surface area contributed by atoms with Crippen LogP contribution in [0.2, 0.25) is 0 Å². The number of benzene rings is 2. The van der Waals surface area contributed by atoms with Crippen LogP contribution in [-0.2, 0) is 4.79 Å². The first kappa shape index (κ1) is 30.2. The number of carbonyl (C=O) groups is 2. The van der Waals surface area contributed by atoms with Crippen LogP contribution in [0.4, 0.5) is 22.0 Å². The van der Waals surface area contributed by atoms with Crippen LogP contribution in [0, 0.1) is 23.0 Å². The number of likely N-dealkylation sites (tertiary alicyclic amines) is 1. The monoisotopic (exact) mass is 602 g/mol. The molecule has 43 heavy (non-hydrogen) atoms. The molecule has 1 saturated heterocycles. The quantitative estimate of drug-likeness (QED) is 0.404. The summed E-state index contributed by atoms with van der Waals surface area (Å²) < 4.78 is 70.2. The van der Waals surface area contributed by atoms with Gasteiger partial charge >= 0.3 is 6.18 Å². The number of amides is 2. The summed E-state index contributed by atoms with van der Waals surface area (Å²) in [5.41, 5.74) is 1.54. The lowest BCUT2D eigenvalue weighted by Crippen LogP contribution is -2.42. The second-order valence-corrected chi connectivity index (χ2v) is 11.3. The van der Waals surface area contributed by atoms with Gasteiger partial charge in [-0.25, -0.2) is 8.78 Å². The Labute approximate surface area is 245 Å². The topological polar surface area (TPSA) is 74.2 Å². The highest BCUT2D eigenvalue weighted by Gasteiger charge is 2.43. The molecular formula is C31H31F5N4O3. The molecule has 1 N–H and O–H groups in total. The maximum atomic E-state index is 13.9. The van der Waals surface area contributed by atoms with Crippen molar-refractivity contribution in [3.8, 4) is 11.5 Å². The fraction of sp³-hybridized carbons (Fsp3) is 0.387. The molecule has 7 nitrogen and oxygen atoms in total. The summed E-state index contributed by atoms with van der Waals surface area (Å²) in [4.78, 5) is 27.3. The lowest BCUT2D eigenvalue weighted by Gasteiger charge is -2.35. The highest BCUT2D eigenvalue weighted by Crippen LogP contribution is 2.41. The predicted octanol–water partition coefficient (Wildman–Crippen LogP) is 5.85. The van der Waals surface area contributed by atoms with E-state index in [9.17, 15) is 31.5 Å². The van der Waals surface area contributed by atoms with Crippen molar-refractivity contribution in [1.82, 2.24) is 15.2 Å². The number of alkyl halides is 3. The first-order valence-corrected chi connectivity index (χ1v) is 13.9. The first-order chi connectivity index (χ1) is 20.3. The summed E-state index contributed by atoms with van der Waals surface area (Å²) in [5.74, 6) is -1.93. The molecule has 2 heterocycles. The average molecular weight is 603 g/mol. The summed E-state index contributed by atoms with van der Waals surface area (Å²) >= 11 is 0. The van der Waals surface area contributed by atoms with E-state index in [-0.39, 0.29) is 23.1 Å². The van der Waals surface area contributed by atoms with Crippen molar-refractivity contribution in [2.75, 3.05) is 32.7 Å². The van der Waals surface area contributed by atoms with Crippen LogP contribution in [0.3, 0.4) is 0 Å². The Morgan fingerprint density at radius 2 is 1.77 bits per heavy atom. The number of carbonyl (C=O) groups excluding carboxylic acids is 2. The zero-order valence-electron chi connectivity index (χ0n) is 23.7. The number of rotatable bonds is 7. The number of hydrazone groups is 1. The zero-order valence-corrected chi connectivity index (χ0v) is 23.7. The number of ether oxygens (including phenoxy) is 1. The predicted molar refractivity (Wildman–Crippen MR) is 150 cm³/mol. The highest BCUT2D eigenvalue weighted by molar-refractivity contribution is 6.09. The smallest absolute Gasteiger partial charge is 0.405 e. The molecule has 1 fully saturated rings. The van der Waals surface area contributed by atoms with Crippen molar-refractivity contribution in [2.45, 2.75) is 32.9 Å². The summed E-state index contributed by atoms with van der Waals surface area (Å²) in [7, 11) is 0. The Morgan fingerprint density at radius 1 is 1.07 bits per heavy atom. The van der Waals surface area contributed by atoms with Gasteiger partial charge in [0.1, 0.15) is 18.1 Å². The molecule has 3 aliphatic rings. The third-order valence-corrected chi connectivity index (χ3v) is 8.24. The van der Waals surface area contributed by atoms with E-state index in [1.54, 1.807) is 42.2 Å². The lowest BCUT2D eigenvalue weighted by molar-refractivity contribution is -0.136. The highest BCUT2D eigenvalue weighted by atomic mass is 19.4. The number of allylic oxidation sites excluding steroid dienone is 1. The van der Waals surface area contributed by atoms with Crippen molar-refractivity contribution in [3.63, 3.8) is 0 Å². The van der Waals surface area contributed by atoms with Gasteiger partial charge in [0.2, 0.25) is 0 Å². The minimum Gasteiger partial charge on any atom is -0.454 e. The average Bonchev–Trinajstić information content (AvgIpc) is 3.30. The molecule has 2 aromatic carbocycles. The second kappa shape index (κ2) is 11.8. The molecule has 228 valence electrons. The van der Waals surface area contributed by atoms with Gasteiger partial charge in [-0.2, -0.15) is 18.3 Å². The van der Waals surface area contributed by atoms with Gasteiger partial charge in [0.25, 0.3) is 11.8 Å². The van der Waals surface area contributed by atoms with Gasteiger partial charge in [-0.05, 0) is 86.7 Å². The van der Waals surface area contributed by atoms with Gasteiger partial charge in [-0.15, -0.1) is 0 Å². The summed E-state index contributed by atoms with van der Waals surface area (Å²) in [5, 5.41) is 8.63. The van der Waals surface area contributed by atoms with E-state index in [2.05, 4.69) is 0 Å². The van der Waals surface area contributed by atoms with E-state index in [0.717, 1.165) is 30.7 Å². The van der Waals surface area contributed by atoms with E-state index in [1.807, 2.05) is 17.2 Å². The van der Waals surface area contributed by atoms with Crippen molar-refractivity contribution in [2.24, 2.45) is 16.4 Å². The van der Waals surface area contributed by atoms with Gasteiger partial charge in [-0.1, -0.05) is 0 Å². The molecule has 0 aromatic heterocycles.